The number of amides is 1. The monoisotopic (exact) mass is 513 g/mol. The van der Waals surface area contributed by atoms with E-state index in [-0.39, 0.29) is 17.1 Å². The van der Waals surface area contributed by atoms with Crippen molar-refractivity contribution in [1.82, 2.24) is 14.8 Å². The number of halogens is 1. The molecule has 1 N–H and O–H groups in total. The maximum absolute atomic E-state index is 13.5. The Kier molecular flexibility index (Phi) is 6.29. The smallest absolute Gasteiger partial charge is 0.275 e. The summed E-state index contributed by atoms with van der Waals surface area (Å²) in [6.45, 7) is 1.83. The minimum Gasteiger partial charge on any atom is -0.457 e. The van der Waals surface area contributed by atoms with E-state index in [0.717, 1.165) is 11.1 Å². The number of non-ortho nitro benzene ring substituents is 1. The quantitative estimate of drug-likeness (QED) is 0.203. The summed E-state index contributed by atoms with van der Waals surface area (Å²) in [7, 11) is 1.80. The second kappa shape index (κ2) is 9.71. The largest absolute Gasteiger partial charge is 0.457 e. The van der Waals surface area contributed by atoms with Crippen LogP contribution in [-0.2, 0) is 7.05 Å². The topological polar surface area (TPSA) is 112 Å². The summed E-state index contributed by atoms with van der Waals surface area (Å²) in [6.07, 6.45) is 3.48. The van der Waals surface area contributed by atoms with Crippen LogP contribution in [0, 0.1) is 17.0 Å². The van der Waals surface area contributed by atoms with E-state index < -0.39 is 10.8 Å². The van der Waals surface area contributed by atoms with Gasteiger partial charge in [0.15, 0.2) is 0 Å². The molecule has 0 spiro atoms. The average Bonchev–Trinajstić information content (AvgIpc) is 3.31. The lowest BCUT2D eigenvalue weighted by atomic mass is 10.0. The number of carbonyl (C=O) groups excluding carboxylic acids is 1. The molecule has 5 rings (SSSR count). The van der Waals surface area contributed by atoms with Crippen molar-refractivity contribution < 1.29 is 14.5 Å². The minimum absolute atomic E-state index is 0.196. The summed E-state index contributed by atoms with van der Waals surface area (Å²) in [4.78, 5) is 29.2. The Morgan fingerprint density at radius 3 is 2.62 bits per heavy atom. The molecule has 184 valence electrons. The summed E-state index contributed by atoms with van der Waals surface area (Å²) in [5, 5.41) is 19.8. The Morgan fingerprint density at radius 1 is 1.08 bits per heavy atom. The Hall–Kier alpha value is -4.76. The molecule has 0 radical (unpaired) electrons. The summed E-state index contributed by atoms with van der Waals surface area (Å²) in [6, 6.07) is 18.1. The van der Waals surface area contributed by atoms with Crippen LogP contribution in [0.5, 0.6) is 11.5 Å². The summed E-state index contributed by atoms with van der Waals surface area (Å²) in [5.74, 6) is 0.209. The van der Waals surface area contributed by atoms with Gasteiger partial charge in [0.2, 0.25) is 0 Å². The number of carbonyl (C=O) groups is 1. The third kappa shape index (κ3) is 5.12. The number of ether oxygens (including phenoxy) is 1. The molecule has 2 heterocycles. The zero-order valence-electron chi connectivity index (χ0n) is 19.8. The van der Waals surface area contributed by atoms with Crippen LogP contribution in [-0.4, -0.2) is 25.6 Å². The van der Waals surface area contributed by atoms with Crippen LogP contribution in [0.1, 0.15) is 15.9 Å². The zero-order chi connectivity index (χ0) is 26.1. The number of nitrogens with one attached hydrogen (secondary N) is 1. The number of hydrogen-bond acceptors (Lipinski definition) is 6. The molecular formula is C27H20ClN5O4. The van der Waals surface area contributed by atoms with E-state index in [1.54, 1.807) is 54.5 Å². The number of rotatable bonds is 6. The lowest BCUT2D eigenvalue weighted by Crippen LogP contribution is -2.13. The van der Waals surface area contributed by atoms with Gasteiger partial charge in [0.25, 0.3) is 11.6 Å². The van der Waals surface area contributed by atoms with Gasteiger partial charge in [0.05, 0.1) is 39.6 Å². The Labute approximate surface area is 216 Å². The van der Waals surface area contributed by atoms with Gasteiger partial charge in [-0.3, -0.25) is 19.6 Å². The molecule has 2 aromatic heterocycles. The van der Waals surface area contributed by atoms with Gasteiger partial charge in [-0.05, 0) is 42.8 Å². The number of hydrogen-bond donors (Lipinski definition) is 1. The van der Waals surface area contributed by atoms with Gasteiger partial charge in [0.1, 0.15) is 11.5 Å². The minimum atomic E-state index is -0.544. The Balaban J connectivity index is 1.51. The van der Waals surface area contributed by atoms with E-state index in [2.05, 4.69) is 15.4 Å². The highest BCUT2D eigenvalue weighted by molar-refractivity contribution is 6.31. The standard InChI is InChI=1S/C27H20ClN5O4/c1-16-9-20(7-8-24(16)28)37-21-11-18(10-19(12-21)33(35)36)30-27(34)23-13-26(17-14-29-32(2)15-17)31-25-6-4-3-5-22(23)25/h3-15H,1-2H3,(H,30,34). The molecule has 3 aromatic carbocycles. The maximum atomic E-state index is 13.5. The van der Waals surface area contributed by atoms with Gasteiger partial charge in [-0.25, -0.2) is 4.98 Å². The zero-order valence-corrected chi connectivity index (χ0v) is 20.6. The van der Waals surface area contributed by atoms with Crippen molar-refractivity contribution in [2.24, 2.45) is 7.05 Å². The number of fused-ring (bicyclic) bond motifs is 1. The number of para-hydroxylation sites is 1. The van der Waals surface area contributed by atoms with Crippen molar-refractivity contribution >= 4 is 39.8 Å². The van der Waals surface area contributed by atoms with E-state index in [0.29, 0.717) is 32.9 Å². The highest BCUT2D eigenvalue weighted by atomic mass is 35.5. The third-order valence-corrected chi connectivity index (χ3v) is 6.11. The third-order valence-electron chi connectivity index (χ3n) is 5.69. The lowest BCUT2D eigenvalue weighted by Gasteiger charge is -2.12. The number of nitro benzene ring substituents is 1. The van der Waals surface area contributed by atoms with Crippen LogP contribution in [0.15, 0.2) is 79.1 Å². The molecule has 1 amide bonds. The fourth-order valence-electron chi connectivity index (χ4n) is 3.90. The van der Waals surface area contributed by atoms with Crippen molar-refractivity contribution in [3.05, 3.63) is 105 Å². The SMILES string of the molecule is Cc1cc(Oc2cc(NC(=O)c3cc(-c4cnn(C)c4)nc4ccccc34)cc([N+](=O)[O-])c2)ccc1Cl. The molecule has 0 fully saturated rings. The molecule has 37 heavy (non-hydrogen) atoms. The van der Waals surface area contributed by atoms with E-state index in [4.69, 9.17) is 16.3 Å². The molecule has 0 unspecified atom stereocenters. The fraction of sp³-hybridized carbons (Fsp3) is 0.0741. The second-order valence-corrected chi connectivity index (χ2v) is 8.82. The van der Waals surface area contributed by atoms with E-state index in [9.17, 15) is 14.9 Å². The molecule has 0 aliphatic heterocycles. The maximum Gasteiger partial charge on any atom is 0.275 e. The number of benzene rings is 3. The highest BCUT2D eigenvalue weighted by Crippen LogP contribution is 2.32. The van der Waals surface area contributed by atoms with Crippen molar-refractivity contribution in [2.45, 2.75) is 6.92 Å². The van der Waals surface area contributed by atoms with Crippen molar-refractivity contribution in [2.75, 3.05) is 5.32 Å². The molecule has 0 aliphatic carbocycles. The predicted octanol–water partition coefficient (Wildman–Crippen LogP) is 6.55. The number of nitrogens with zero attached hydrogens (tertiary/aromatic N) is 4. The van der Waals surface area contributed by atoms with Crippen LogP contribution < -0.4 is 10.1 Å². The van der Waals surface area contributed by atoms with E-state index >= 15 is 0 Å². The van der Waals surface area contributed by atoms with Gasteiger partial charge in [0, 0.05) is 41.3 Å². The van der Waals surface area contributed by atoms with Gasteiger partial charge in [-0.15, -0.1) is 0 Å². The highest BCUT2D eigenvalue weighted by Gasteiger charge is 2.18. The summed E-state index contributed by atoms with van der Waals surface area (Å²) >= 11 is 6.08. The van der Waals surface area contributed by atoms with E-state index in [1.807, 2.05) is 25.1 Å². The second-order valence-electron chi connectivity index (χ2n) is 8.41. The molecule has 0 atom stereocenters. The van der Waals surface area contributed by atoms with Crippen molar-refractivity contribution in [1.29, 1.82) is 0 Å². The Morgan fingerprint density at radius 2 is 1.89 bits per heavy atom. The fourth-order valence-corrected chi connectivity index (χ4v) is 4.02. The normalized spacial score (nSPS) is 10.9. The predicted molar refractivity (Wildman–Crippen MR) is 141 cm³/mol. The molecule has 0 saturated carbocycles. The van der Waals surface area contributed by atoms with Crippen LogP contribution in [0.25, 0.3) is 22.2 Å². The first kappa shape index (κ1) is 24.0. The molecule has 9 nitrogen and oxygen atoms in total. The lowest BCUT2D eigenvalue weighted by molar-refractivity contribution is -0.384. The number of pyridine rings is 1. The van der Waals surface area contributed by atoms with Gasteiger partial charge in [-0.2, -0.15) is 5.10 Å². The number of aromatic nitrogens is 3. The molecule has 0 bridgehead atoms. The summed E-state index contributed by atoms with van der Waals surface area (Å²) < 4.78 is 7.50. The van der Waals surface area contributed by atoms with Crippen LogP contribution in [0.3, 0.4) is 0 Å². The van der Waals surface area contributed by atoms with E-state index in [1.165, 1.54) is 18.2 Å². The first-order chi connectivity index (χ1) is 17.8. The molecular weight excluding hydrogens is 494 g/mol. The van der Waals surface area contributed by atoms with Crippen LogP contribution in [0.4, 0.5) is 11.4 Å². The molecule has 0 aliphatic rings. The van der Waals surface area contributed by atoms with Gasteiger partial charge < -0.3 is 10.1 Å². The average molecular weight is 514 g/mol. The van der Waals surface area contributed by atoms with Gasteiger partial charge in [-0.1, -0.05) is 29.8 Å². The van der Waals surface area contributed by atoms with Gasteiger partial charge >= 0.3 is 0 Å². The Bertz CT molecular complexity index is 1680. The number of anilines is 1. The van der Waals surface area contributed by atoms with Crippen LogP contribution >= 0.6 is 11.6 Å². The molecule has 10 heteroatoms. The van der Waals surface area contributed by atoms with Crippen molar-refractivity contribution in [3.63, 3.8) is 0 Å². The molecule has 0 saturated heterocycles. The number of aryl methyl sites for hydroxylation is 2. The summed E-state index contributed by atoms with van der Waals surface area (Å²) in [5.41, 5.74) is 3.12. The number of nitro groups is 1. The van der Waals surface area contributed by atoms with Crippen molar-refractivity contribution in [3.8, 4) is 22.8 Å². The van der Waals surface area contributed by atoms with Crippen LogP contribution in [0.2, 0.25) is 5.02 Å². The first-order valence-electron chi connectivity index (χ1n) is 11.2. The first-order valence-corrected chi connectivity index (χ1v) is 11.6. The molecule has 5 aromatic rings.